The normalized spacial score (nSPS) is 13.0. The van der Waals surface area contributed by atoms with Crippen LogP contribution in [-0.4, -0.2) is 6.26 Å². The van der Waals surface area contributed by atoms with Crippen LogP contribution in [0.5, 0.6) is 0 Å². The molecule has 59 heavy (non-hydrogen) atoms. The molecule has 0 saturated heterocycles. The van der Waals surface area contributed by atoms with Gasteiger partial charge in [-0.15, -0.1) is 11.8 Å². The Morgan fingerprint density at radius 2 is 1.08 bits per heavy atom. The zero-order valence-corrected chi connectivity index (χ0v) is 33.6. The van der Waals surface area contributed by atoms with Crippen molar-refractivity contribution in [2.24, 2.45) is 11.7 Å². The van der Waals surface area contributed by atoms with Crippen LogP contribution in [0.4, 0.5) is 11.4 Å². The average Bonchev–Trinajstić information content (AvgIpc) is 3.77. The summed E-state index contributed by atoms with van der Waals surface area (Å²) in [7, 11) is 0. The molecular formula is C55H43N3S. The van der Waals surface area contributed by atoms with E-state index in [4.69, 9.17) is 0 Å². The third-order valence-electron chi connectivity index (χ3n) is 12.2. The predicted molar refractivity (Wildman–Crippen MR) is 251 cm³/mol. The summed E-state index contributed by atoms with van der Waals surface area (Å²) < 4.78 is 0. The molecule has 0 aromatic heterocycles. The molecule has 0 aliphatic heterocycles. The highest BCUT2D eigenvalue weighted by atomic mass is 32.2. The molecule has 4 heteroatoms. The summed E-state index contributed by atoms with van der Waals surface area (Å²) in [5.41, 5.74) is 17.5. The maximum absolute atomic E-state index is 4.04. The SMILES string of the molecule is CSc1ccc2ccc3cc(/C(=C\Cc4ccccc4)c4ccccc4)ccc3c2c1Nc1ccc2c(c1)C1(c3ccccc3-c3ccccc31)c1ccccc1-2.NN. The van der Waals surface area contributed by atoms with Crippen molar-refractivity contribution in [2.75, 3.05) is 11.6 Å². The number of fused-ring (bicyclic) bond motifs is 13. The van der Waals surface area contributed by atoms with Crippen molar-refractivity contribution in [1.82, 2.24) is 0 Å². The lowest BCUT2D eigenvalue weighted by Crippen LogP contribution is -2.25. The van der Waals surface area contributed by atoms with Gasteiger partial charge in [-0.05, 0) is 120 Å². The molecule has 0 atom stereocenters. The number of anilines is 2. The van der Waals surface area contributed by atoms with Crippen LogP contribution in [0.3, 0.4) is 0 Å². The molecule has 2 aliphatic carbocycles. The first-order valence-electron chi connectivity index (χ1n) is 20.1. The Kier molecular flexibility index (Phi) is 9.46. The van der Waals surface area contributed by atoms with Crippen molar-refractivity contribution < 1.29 is 0 Å². The highest BCUT2D eigenvalue weighted by Gasteiger charge is 2.51. The molecule has 11 rings (SSSR count). The number of allylic oxidation sites excluding steroid dienone is 1. The van der Waals surface area contributed by atoms with E-state index in [0.717, 1.165) is 17.8 Å². The van der Waals surface area contributed by atoms with Crippen molar-refractivity contribution in [3.05, 3.63) is 239 Å². The minimum Gasteiger partial charge on any atom is -0.354 e. The summed E-state index contributed by atoms with van der Waals surface area (Å²) in [6.45, 7) is 0. The molecule has 0 amide bonds. The van der Waals surface area contributed by atoms with Gasteiger partial charge in [-0.3, -0.25) is 11.7 Å². The van der Waals surface area contributed by atoms with Crippen molar-refractivity contribution in [1.29, 1.82) is 0 Å². The number of nitrogens with one attached hydrogen (secondary N) is 1. The van der Waals surface area contributed by atoms with Gasteiger partial charge in [0.05, 0.1) is 11.1 Å². The zero-order valence-electron chi connectivity index (χ0n) is 32.8. The second kappa shape index (κ2) is 15.2. The Hall–Kier alpha value is -6.69. The van der Waals surface area contributed by atoms with Gasteiger partial charge in [0.15, 0.2) is 0 Å². The van der Waals surface area contributed by atoms with Gasteiger partial charge < -0.3 is 5.32 Å². The number of hydrogen-bond acceptors (Lipinski definition) is 4. The van der Waals surface area contributed by atoms with Crippen LogP contribution in [0.25, 0.3) is 49.4 Å². The van der Waals surface area contributed by atoms with E-state index in [0.29, 0.717) is 0 Å². The highest BCUT2D eigenvalue weighted by Crippen LogP contribution is 2.63. The van der Waals surface area contributed by atoms with Gasteiger partial charge in [0.1, 0.15) is 0 Å². The van der Waals surface area contributed by atoms with Crippen LogP contribution in [0.1, 0.15) is 38.9 Å². The average molecular weight is 778 g/mol. The van der Waals surface area contributed by atoms with E-state index < -0.39 is 0 Å². The van der Waals surface area contributed by atoms with Crippen LogP contribution in [0.15, 0.2) is 205 Å². The molecule has 0 heterocycles. The third kappa shape index (κ3) is 5.91. The van der Waals surface area contributed by atoms with E-state index in [9.17, 15) is 0 Å². The van der Waals surface area contributed by atoms with Gasteiger partial charge in [-0.2, -0.15) is 0 Å². The fourth-order valence-corrected chi connectivity index (χ4v) is 10.3. The lowest BCUT2D eigenvalue weighted by molar-refractivity contribution is 0.794. The second-order valence-electron chi connectivity index (χ2n) is 15.2. The second-order valence-corrected chi connectivity index (χ2v) is 16.0. The molecular weight excluding hydrogens is 735 g/mol. The molecule has 2 aliphatic rings. The molecule has 3 nitrogen and oxygen atoms in total. The lowest BCUT2D eigenvalue weighted by atomic mass is 9.70. The molecule has 0 bridgehead atoms. The van der Waals surface area contributed by atoms with Gasteiger partial charge in [-0.1, -0.05) is 176 Å². The monoisotopic (exact) mass is 777 g/mol. The summed E-state index contributed by atoms with van der Waals surface area (Å²) in [5, 5.41) is 8.98. The van der Waals surface area contributed by atoms with Crippen LogP contribution < -0.4 is 17.0 Å². The fourth-order valence-electron chi connectivity index (χ4n) is 9.77. The molecule has 0 fully saturated rings. The number of nitrogens with two attached hydrogens (primary N) is 2. The summed E-state index contributed by atoms with van der Waals surface area (Å²) in [6.07, 6.45) is 5.43. The van der Waals surface area contributed by atoms with Crippen LogP contribution in [0.2, 0.25) is 0 Å². The standard InChI is InChI=1S/C55H39NS.H4N2/c1-57-52-33-28-38-25-26-40-34-39(42(37-16-6-3-7-17-37)30-24-36-14-4-2-5-15-36)27-31-43(40)53(38)54(52)56-41-29-32-47-46-20-10-13-23-50(46)55(51(47)35-41)48-21-11-8-18-44(48)45-19-9-12-22-49(45)55;1-2/h2-23,25-35,56H,24H2,1H3;1-2H2/b42-30-;. The molecule has 1 spiro atoms. The van der Waals surface area contributed by atoms with Crippen molar-refractivity contribution in [3.8, 4) is 22.3 Å². The minimum absolute atomic E-state index is 0.383. The van der Waals surface area contributed by atoms with E-state index in [1.807, 2.05) is 0 Å². The van der Waals surface area contributed by atoms with Crippen LogP contribution in [-0.2, 0) is 11.8 Å². The van der Waals surface area contributed by atoms with Gasteiger partial charge in [0.25, 0.3) is 0 Å². The topological polar surface area (TPSA) is 64.1 Å². The molecule has 284 valence electrons. The quantitative estimate of drug-likeness (QED) is 0.0653. The first-order chi connectivity index (χ1) is 29.2. The Balaban J connectivity index is 0.00000207. The van der Waals surface area contributed by atoms with E-state index >= 15 is 0 Å². The smallest absolute Gasteiger partial charge is 0.0726 e. The summed E-state index contributed by atoms with van der Waals surface area (Å²) in [4.78, 5) is 1.22. The van der Waals surface area contributed by atoms with Crippen LogP contribution in [0, 0.1) is 0 Å². The first kappa shape index (κ1) is 36.6. The van der Waals surface area contributed by atoms with E-state index in [2.05, 4.69) is 223 Å². The number of benzene rings is 9. The minimum atomic E-state index is -0.383. The highest BCUT2D eigenvalue weighted by molar-refractivity contribution is 7.98. The third-order valence-corrected chi connectivity index (χ3v) is 13.0. The zero-order chi connectivity index (χ0) is 39.9. The maximum Gasteiger partial charge on any atom is 0.0726 e. The Labute approximate surface area is 350 Å². The van der Waals surface area contributed by atoms with Crippen molar-refractivity contribution in [3.63, 3.8) is 0 Å². The van der Waals surface area contributed by atoms with Crippen LogP contribution >= 0.6 is 11.8 Å². The van der Waals surface area contributed by atoms with Gasteiger partial charge >= 0.3 is 0 Å². The molecule has 5 N–H and O–H groups in total. The van der Waals surface area contributed by atoms with Gasteiger partial charge in [0.2, 0.25) is 0 Å². The molecule has 0 unspecified atom stereocenters. The summed E-state index contributed by atoms with van der Waals surface area (Å²) >= 11 is 1.79. The summed E-state index contributed by atoms with van der Waals surface area (Å²) in [5.74, 6) is 8.00. The predicted octanol–water partition coefficient (Wildman–Crippen LogP) is 13.3. The first-order valence-corrected chi connectivity index (χ1v) is 21.3. The summed E-state index contributed by atoms with van der Waals surface area (Å²) in [6, 6.07) is 71.8. The molecule has 0 saturated carbocycles. The Bertz CT molecular complexity index is 3000. The van der Waals surface area contributed by atoms with Crippen molar-refractivity contribution in [2.45, 2.75) is 16.7 Å². The molecule has 0 radical (unpaired) electrons. The van der Waals surface area contributed by atoms with Gasteiger partial charge in [0, 0.05) is 16.0 Å². The number of thioether (sulfide) groups is 1. The lowest BCUT2D eigenvalue weighted by Gasteiger charge is -2.30. The van der Waals surface area contributed by atoms with E-state index in [1.54, 1.807) is 11.8 Å². The van der Waals surface area contributed by atoms with E-state index in [-0.39, 0.29) is 5.41 Å². The fraction of sp³-hybridized carbons (Fsp3) is 0.0545. The van der Waals surface area contributed by atoms with E-state index in [1.165, 1.54) is 93.2 Å². The Morgan fingerprint density at radius 3 is 1.73 bits per heavy atom. The number of hydrazine groups is 1. The van der Waals surface area contributed by atoms with Gasteiger partial charge in [-0.25, -0.2) is 0 Å². The van der Waals surface area contributed by atoms with Crippen molar-refractivity contribution >= 4 is 50.3 Å². The maximum atomic E-state index is 4.04. The molecule has 9 aromatic carbocycles. The number of hydrogen-bond donors (Lipinski definition) is 3. The largest absolute Gasteiger partial charge is 0.354 e. The number of rotatable bonds is 7. The molecule has 9 aromatic rings. The Morgan fingerprint density at radius 1 is 0.525 bits per heavy atom.